The zero-order chi connectivity index (χ0) is 16.3. The van der Waals surface area contributed by atoms with Crippen LogP contribution in [-0.4, -0.2) is 59.0 Å². The summed E-state index contributed by atoms with van der Waals surface area (Å²) in [6, 6.07) is 1.20. The van der Waals surface area contributed by atoms with Gasteiger partial charge < -0.3 is 16.4 Å². The van der Waals surface area contributed by atoms with Crippen molar-refractivity contribution in [2.45, 2.75) is 24.5 Å². The number of nitrogens with zero attached hydrogens (tertiary/aromatic N) is 3. The third-order valence-corrected chi connectivity index (χ3v) is 5.96. The molecule has 10 heteroatoms. The first-order valence-electron chi connectivity index (χ1n) is 6.83. The largest absolute Gasteiger partial charge is 0.383 e. The summed E-state index contributed by atoms with van der Waals surface area (Å²) < 4.78 is 23.1. The van der Waals surface area contributed by atoms with E-state index in [-0.39, 0.29) is 40.8 Å². The summed E-state index contributed by atoms with van der Waals surface area (Å²) in [7, 11) is -3.02. The highest BCUT2D eigenvalue weighted by atomic mass is 32.2. The molecule has 2 heterocycles. The molecule has 1 aromatic rings. The van der Waals surface area contributed by atoms with Gasteiger partial charge in [0.25, 0.3) is 0 Å². The van der Waals surface area contributed by atoms with Gasteiger partial charge in [0.15, 0.2) is 15.0 Å². The molecule has 1 amide bonds. The Balaban J connectivity index is 1.98. The number of rotatable bonds is 5. The molecule has 1 aliphatic rings. The van der Waals surface area contributed by atoms with Crippen LogP contribution >= 0.6 is 11.8 Å². The van der Waals surface area contributed by atoms with Crippen molar-refractivity contribution in [1.29, 1.82) is 0 Å². The number of sulfone groups is 1. The minimum atomic E-state index is -3.02. The summed E-state index contributed by atoms with van der Waals surface area (Å²) >= 11 is 1.14. The van der Waals surface area contributed by atoms with E-state index in [1.54, 1.807) is 4.90 Å². The highest BCUT2D eigenvalue weighted by Gasteiger charge is 2.33. The molecule has 0 radical (unpaired) electrons. The van der Waals surface area contributed by atoms with Gasteiger partial charge in [-0.05, 0) is 13.3 Å². The lowest BCUT2D eigenvalue weighted by molar-refractivity contribution is -0.129. The molecule has 0 aliphatic carbocycles. The second kappa shape index (κ2) is 6.69. The summed E-state index contributed by atoms with van der Waals surface area (Å²) in [5, 5.41) is 0.334. The van der Waals surface area contributed by atoms with Gasteiger partial charge in [-0.3, -0.25) is 4.79 Å². The zero-order valence-electron chi connectivity index (χ0n) is 12.2. The number of nitrogens with two attached hydrogens (primary N) is 2. The summed E-state index contributed by atoms with van der Waals surface area (Å²) in [4.78, 5) is 21.9. The van der Waals surface area contributed by atoms with E-state index in [1.807, 2.05) is 6.92 Å². The first kappa shape index (κ1) is 16.8. The third-order valence-electron chi connectivity index (χ3n) is 3.38. The number of anilines is 2. The summed E-state index contributed by atoms with van der Waals surface area (Å²) in [6.07, 6.45) is 0.494. The molecule has 1 atom stereocenters. The molecule has 8 nitrogen and oxygen atoms in total. The average Bonchev–Trinajstić information content (AvgIpc) is 2.76. The maximum atomic E-state index is 12.3. The summed E-state index contributed by atoms with van der Waals surface area (Å²) in [5.41, 5.74) is 11.1. The first-order chi connectivity index (χ1) is 10.3. The van der Waals surface area contributed by atoms with Crippen LogP contribution in [0.1, 0.15) is 13.3 Å². The standard InChI is InChI=1S/C12H19N5O3S2/c1-2-17(8-3-4-22(19,20)7-8)11(18)6-21-12-15-9(13)5-10(14)16-12/h5,8H,2-4,6-7H2,1H3,(H4,13,14,15,16)/t8-/m0/s1. The Hall–Kier alpha value is -1.55. The molecule has 0 spiro atoms. The van der Waals surface area contributed by atoms with Gasteiger partial charge in [0, 0.05) is 18.7 Å². The van der Waals surface area contributed by atoms with E-state index in [4.69, 9.17) is 11.5 Å². The number of amides is 1. The molecule has 0 saturated carbocycles. The monoisotopic (exact) mass is 345 g/mol. The Bertz CT molecular complexity index is 644. The van der Waals surface area contributed by atoms with E-state index in [0.717, 1.165) is 11.8 Å². The van der Waals surface area contributed by atoms with Crippen molar-refractivity contribution in [3.8, 4) is 0 Å². The molecule has 0 unspecified atom stereocenters. The molecule has 122 valence electrons. The van der Waals surface area contributed by atoms with Crippen LogP contribution in [0.4, 0.5) is 11.6 Å². The maximum absolute atomic E-state index is 12.3. The molecule has 1 saturated heterocycles. The van der Waals surface area contributed by atoms with Crippen LogP contribution in [0, 0.1) is 0 Å². The lowest BCUT2D eigenvalue weighted by atomic mass is 10.2. The van der Waals surface area contributed by atoms with Gasteiger partial charge in [-0.2, -0.15) is 0 Å². The lowest BCUT2D eigenvalue weighted by Crippen LogP contribution is -2.41. The second-order valence-corrected chi connectivity index (χ2v) is 8.20. The fraction of sp³-hybridized carbons (Fsp3) is 0.583. The number of nitrogen functional groups attached to an aromatic ring is 2. The smallest absolute Gasteiger partial charge is 0.233 e. The number of aromatic nitrogens is 2. The molecule has 0 aromatic carbocycles. The average molecular weight is 345 g/mol. The number of carbonyl (C=O) groups excluding carboxylic acids is 1. The van der Waals surface area contributed by atoms with Gasteiger partial charge in [0.2, 0.25) is 5.91 Å². The van der Waals surface area contributed by atoms with E-state index >= 15 is 0 Å². The Morgan fingerprint density at radius 1 is 1.41 bits per heavy atom. The molecule has 1 aliphatic heterocycles. The van der Waals surface area contributed by atoms with Gasteiger partial charge in [-0.15, -0.1) is 0 Å². The minimum Gasteiger partial charge on any atom is -0.383 e. The van der Waals surface area contributed by atoms with Crippen molar-refractivity contribution in [3.05, 3.63) is 6.07 Å². The van der Waals surface area contributed by atoms with Gasteiger partial charge in [0.05, 0.1) is 17.3 Å². The van der Waals surface area contributed by atoms with Crippen molar-refractivity contribution in [2.75, 3.05) is 35.3 Å². The van der Waals surface area contributed by atoms with Crippen molar-refractivity contribution in [3.63, 3.8) is 0 Å². The highest BCUT2D eigenvalue weighted by Crippen LogP contribution is 2.21. The molecular formula is C12H19N5O3S2. The molecule has 1 aromatic heterocycles. The van der Waals surface area contributed by atoms with E-state index in [9.17, 15) is 13.2 Å². The fourth-order valence-electron chi connectivity index (χ4n) is 2.40. The lowest BCUT2D eigenvalue weighted by Gasteiger charge is -2.26. The Morgan fingerprint density at radius 2 is 2.05 bits per heavy atom. The van der Waals surface area contributed by atoms with Crippen LogP contribution < -0.4 is 11.5 Å². The van der Waals surface area contributed by atoms with Gasteiger partial charge >= 0.3 is 0 Å². The van der Waals surface area contributed by atoms with Crippen LogP contribution in [-0.2, 0) is 14.6 Å². The van der Waals surface area contributed by atoms with Gasteiger partial charge in [0.1, 0.15) is 11.6 Å². The Labute approximate surface area is 133 Å². The van der Waals surface area contributed by atoms with Crippen LogP contribution in [0.3, 0.4) is 0 Å². The first-order valence-corrected chi connectivity index (χ1v) is 9.64. The van der Waals surface area contributed by atoms with Crippen LogP contribution in [0.2, 0.25) is 0 Å². The summed E-state index contributed by atoms with van der Waals surface area (Å²) in [5.74, 6) is 0.656. The predicted molar refractivity (Wildman–Crippen MR) is 86.0 cm³/mol. The Morgan fingerprint density at radius 3 is 2.55 bits per heavy atom. The van der Waals surface area contributed by atoms with Crippen LogP contribution in [0.25, 0.3) is 0 Å². The molecule has 2 rings (SSSR count). The van der Waals surface area contributed by atoms with Crippen LogP contribution in [0.5, 0.6) is 0 Å². The highest BCUT2D eigenvalue weighted by molar-refractivity contribution is 7.99. The number of hydrogen-bond donors (Lipinski definition) is 2. The summed E-state index contributed by atoms with van der Waals surface area (Å²) in [6.45, 7) is 2.31. The van der Waals surface area contributed by atoms with E-state index in [1.165, 1.54) is 6.07 Å². The van der Waals surface area contributed by atoms with E-state index in [0.29, 0.717) is 18.1 Å². The van der Waals surface area contributed by atoms with Crippen molar-refractivity contribution < 1.29 is 13.2 Å². The molecule has 22 heavy (non-hydrogen) atoms. The second-order valence-electron chi connectivity index (χ2n) is 5.03. The topological polar surface area (TPSA) is 132 Å². The molecular weight excluding hydrogens is 326 g/mol. The van der Waals surface area contributed by atoms with Crippen molar-refractivity contribution in [1.82, 2.24) is 14.9 Å². The fourth-order valence-corrected chi connectivity index (χ4v) is 4.88. The number of carbonyl (C=O) groups is 1. The van der Waals surface area contributed by atoms with Gasteiger partial charge in [-0.1, -0.05) is 11.8 Å². The molecule has 4 N–H and O–H groups in total. The quantitative estimate of drug-likeness (QED) is 0.552. The molecule has 1 fully saturated rings. The number of hydrogen-bond acceptors (Lipinski definition) is 8. The zero-order valence-corrected chi connectivity index (χ0v) is 13.9. The number of thioether (sulfide) groups is 1. The normalized spacial score (nSPS) is 20.0. The third kappa shape index (κ3) is 4.23. The minimum absolute atomic E-state index is 0.0407. The van der Waals surface area contributed by atoms with E-state index < -0.39 is 9.84 Å². The van der Waals surface area contributed by atoms with Gasteiger partial charge in [-0.25, -0.2) is 18.4 Å². The molecule has 0 bridgehead atoms. The Kier molecular flexibility index (Phi) is 5.12. The SMILES string of the molecule is CCN(C(=O)CSc1nc(N)cc(N)n1)[C@H]1CCS(=O)(=O)C1. The van der Waals surface area contributed by atoms with Crippen molar-refractivity contribution >= 4 is 39.1 Å². The predicted octanol–water partition coefficient (Wildman–Crippen LogP) is -0.231. The maximum Gasteiger partial charge on any atom is 0.233 e. The van der Waals surface area contributed by atoms with Crippen LogP contribution in [0.15, 0.2) is 11.2 Å². The van der Waals surface area contributed by atoms with Crippen molar-refractivity contribution in [2.24, 2.45) is 0 Å². The van der Waals surface area contributed by atoms with E-state index in [2.05, 4.69) is 9.97 Å².